The van der Waals surface area contributed by atoms with Gasteiger partial charge in [-0.2, -0.15) is 0 Å². The van der Waals surface area contributed by atoms with E-state index in [1.807, 2.05) is 0 Å². The first-order valence-corrected chi connectivity index (χ1v) is 9.43. The molecule has 1 amide bonds. The third kappa shape index (κ3) is 4.37. The first-order chi connectivity index (χ1) is 14.0. The second-order valence-electron chi connectivity index (χ2n) is 5.75. The molecule has 0 saturated carbocycles. The number of hydrogen-bond acceptors (Lipinski definition) is 9. The van der Waals surface area contributed by atoms with E-state index in [9.17, 15) is 9.59 Å². The van der Waals surface area contributed by atoms with E-state index < -0.39 is 11.9 Å². The molecule has 0 spiro atoms. The first-order valence-electron chi connectivity index (χ1n) is 8.61. The molecule has 0 aliphatic rings. The van der Waals surface area contributed by atoms with Crippen LogP contribution in [0.5, 0.6) is 11.5 Å². The molecule has 29 heavy (non-hydrogen) atoms. The van der Waals surface area contributed by atoms with E-state index in [2.05, 4.69) is 15.5 Å². The van der Waals surface area contributed by atoms with Crippen molar-refractivity contribution in [1.29, 1.82) is 0 Å². The molecule has 9 nitrogen and oxygen atoms in total. The minimum absolute atomic E-state index is 0.0697. The molecular weight excluding hydrogens is 398 g/mol. The highest BCUT2D eigenvalue weighted by Gasteiger charge is 2.20. The molecule has 2 heterocycles. The lowest BCUT2D eigenvalue weighted by Crippen LogP contribution is -2.11. The molecule has 1 aromatic carbocycles. The van der Waals surface area contributed by atoms with Crippen LogP contribution in [0.2, 0.25) is 0 Å². The lowest BCUT2D eigenvalue weighted by molar-refractivity contribution is 0.0531. The van der Waals surface area contributed by atoms with Crippen LogP contribution in [0.1, 0.15) is 32.8 Å². The summed E-state index contributed by atoms with van der Waals surface area (Å²) in [5, 5.41) is 6.69. The summed E-state index contributed by atoms with van der Waals surface area (Å²) in [6.45, 7) is 3.65. The minimum Gasteiger partial charge on any atom is -0.493 e. The Morgan fingerprint density at radius 2 is 1.93 bits per heavy atom. The summed E-state index contributed by atoms with van der Waals surface area (Å²) < 4.78 is 20.7. The number of nitrogens with one attached hydrogen (secondary N) is 1. The second-order valence-corrected chi connectivity index (χ2v) is 6.75. The van der Waals surface area contributed by atoms with Crippen molar-refractivity contribution < 1.29 is 28.3 Å². The monoisotopic (exact) mass is 417 g/mol. The molecule has 0 radical (unpaired) electrons. The highest BCUT2D eigenvalue weighted by molar-refractivity contribution is 7.17. The molecule has 152 valence electrons. The number of aryl methyl sites for hydroxylation is 1. The third-order valence-corrected chi connectivity index (χ3v) is 4.94. The molecule has 3 aromatic rings. The quantitative estimate of drug-likeness (QED) is 0.581. The van der Waals surface area contributed by atoms with Crippen LogP contribution in [-0.2, 0) is 4.74 Å². The lowest BCUT2D eigenvalue weighted by atomic mass is 10.1. The van der Waals surface area contributed by atoms with Gasteiger partial charge < -0.3 is 18.7 Å². The number of ether oxygens (including phenoxy) is 3. The van der Waals surface area contributed by atoms with E-state index in [4.69, 9.17) is 18.7 Å². The van der Waals surface area contributed by atoms with Crippen molar-refractivity contribution in [3.8, 4) is 22.8 Å². The number of carbonyl (C=O) groups is 2. The maximum Gasteiger partial charge on any atom is 0.350 e. The van der Waals surface area contributed by atoms with Crippen LogP contribution in [0.4, 0.5) is 5.13 Å². The SMILES string of the molecule is CCOC(=O)c1sc(NC(=O)c2cc(-c3ccc(OC)c(OC)c3)on2)nc1C. The predicted molar refractivity (Wildman–Crippen MR) is 106 cm³/mol. The second kappa shape index (κ2) is 8.74. The van der Waals surface area contributed by atoms with Crippen LogP contribution in [0.15, 0.2) is 28.8 Å². The van der Waals surface area contributed by atoms with E-state index in [1.54, 1.807) is 39.2 Å². The summed E-state index contributed by atoms with van der Waals surface area (Å²) in [7, 11) is 3.07. The summed E-state index contributed by atoms with van der Waals surface area (Å²) in [4.78, 5) is 28.9. The topological polar surface area (TPSA) is 113 Å². The zero-order valence-corrected chi connectivity index (χ0v) is 17.1. The van der Waals surface area contributed by atoms with E-state index in [1.165, 1.54) is 13.2 Å². The Balaban J connectivity index is 1.76. The lowest BCUT2D eigenvalue weighted by Gasteiger charge is -2.07. The fraction of sp³-hybridized carbons (Fsp3) is 0.263. The van der Waals surface area contributed by atoms with Gasteiger partial charge in [-0.1, -0.05) is 16.5 Å². The summed E-state index contributed by atoms with van der Waals surface area (Å²) in [5.74, 6) is 0.505. The maximum atomic E-state index is 12.5. The molecule has 1 N–H and O–H groups in total. The van der Waals surface area contributed by atoms with Crippen LogP contribution in [-0.4, -0.2) is 42.8 Å². The molecule has 10 heteroatoms. The number of aromatic nitrogens is 2. The van der Waals surface area contributed by atoms with Gasteiger partial charge in [-0.25, -0.2) is 9.78 Å². The molecule has 0 unspecified atom stereocenters. The van der Waals surface area contributed by atoms with Crippen LogP contribution in [0.25, 0.3) is 11.3 Å². The average molecular weight is 417 g/mol. The molecule has 0 fully saturated rings. The zero-order chi connectivity index (χ0) is 21.0. The Labute approximate surface area is 170 Å². The van der Waals surface area contributed by atoms with Gasteiger partial charge in [0.2, 0.25) is 0 Å². The fourth-order valence-electron chi connectivity index (χ4n) is 2.50. The number of benzene rings is 1. The minimum atomic E-state index is -0.510. The van der Waals surface area contributed by atoms with Crippen molar-refractivity contribution in [2.45, 2.75) is 13.8 Å². The number of thiazole rings is 1. The van der Waals surface area contributed by atoms with Gasteiger partial charge in [0, 0.05) is 11.6 Å². The van der Waals surface area contributed by atoms with Gasteiger partial charge in [0.15, 0.2) is 28.1 Å². The van der Waals surface area contributed by atoms with Gasteiger partial charge in [-0.15, -0.1) is 0 Å². The van der Waals surface area contributed by atoms with Crippen LogP contribution < -0.4 is 14.8 Å². The van der Waals surface area contributed by atoms with Crippen molar-refractivity contribution in [2.75, 3.05) is 26.1 Å². The van der Waals surface area contributed by atoms with Crippen molar-refractivity contribution in [2.24, 2.45) is 0 Å². The number of nitrogens with zero attached hydrogens (tertiary/aromatic N) is 2. The average Bonchev–Trinajstić information content (AvgIpc) is 3.34. The van der Waals surface area contributed by atoms with Crippen molar-refractivity contribution in [1.82, 2.24) is 10.1 Å². The molecule has 0 aliphatic carbocycles. The first kappa shape index (κ1) is 20.3. The van der Waals surface area contributed by atoms with Crippen molar-refractivity contribution in [3.05, 3.63) is 40.5 Å². The fourth-order valence-corrected chi connectivity index (χ4v) is 3.36. The Morgan fingerprint density at radius 3 is 2.62 bits per heavy atom. The number of rotatable bonds is 7. The standard InChI is InChI=1S/C19H19N3O6S/c1-5-27-18(24)16-10(2)20-19(29-16)21-17(23)12-9-14(28-22-12)11-6-7-13(25-3)15(8-11)26-4/h6-9H,5H2,1-4H3,(H,20,21,23). The van der Waals surface area contributed by atoms with Crippen LogP contribution >= 0.6 is 11.3 Å². The molecule has 0 aliphatic heterocycles. The number of anilines is 1. The van der Waals surface area contributed by atoms with Gasteiger partial charge in [0.25, 0.3) is 5.91 Å². The molecule has 0 saturated heterocycles. The smallest absolute Gasteiger partial charge is 0.350 e. The molecule has 2 aromatic heterocycles. The maximum absolute atomic E-state index is 12.5. The summed E-state index contributed by atoms with van der Waals surface area (Å²) in [6.07, 6.45) is 0. The summed E-state index contributed by atoms with van der Waals surface area (Å²) in [6, 6.07) is 6.71. The van der Waals surface area contributed by atoms with Crippen molar-refractivity contribution in [3.63, 3.8) is 0 Å². The number of amides is 1. The Bertz CT molecular complexity index is 1040. The number of carbonyl (C=O) groups excluding carboxylic acids is 2. The summed E-state index contributed by atoms with van der Waals surface area (Å²) in [5.41, 5.74) is 1.22. The van der Waals surface area contributed by atoms with Gasteiger partial charge in [0.1, 0.15) is 4.88 Å². The van der Waals surface area contributed by atoms with Crippen LogP contribution in [0, 0.1) is 6.92 Å². The van der Waals surface area contributed by atoms with Gasteiger partial charge in [-0.05, 0) is 32.0 Å². The Hall–Kier alpha value is -3.40. The molecule has 0 bridgehead atoms. The van der Waals surface area contributed by atoms with E-state index in [0.717, 1.165) is 11.3 Å². The van der Waals surface area contributed by atoms with Crippen molar-refractivity contribution >= 4 is 28.3 Å². The molecule has 3 rings (SSSR count). The Kier molecular flexibility index (Phi) is 6.13. The molecular formula is C19H19N3O6S. The normalized spacial score (nSPS) is 10.5. The van der Waals surface area contributed by atoms with E-state index >= 15 is 0 Å². The predicted octanol–water partition coefficient (Wildman–Crippen LogP) is 3.55. The highest BCUT2D eigenvalue weighted by Crippen LogP contribution is 2.32. The van der Waals surface area contributed by atoms with Gasteiger partial charge in [0.05, 0.1) is 26.5 Å². The van der Waals surface area contributed by atoms with E-state index in [0.29, 0.717) is 33.4 Å². The number of methoxy groups -OCH3 is 2. The van der Waals surface area contributed by atoms with Crippen LogP contribution in [0.3, 0.4) is 0 Å². The zero-order valence-electron chi connectivity index (χ0n) is 16.3. The summed E-state index contributed by atoms with van der Waals surface area (Å²) >= 11 is 1.04. The highest BCUT2D eigenvalue weighted by atomic mass is 32.1. The van der Waals surface area contributed by atoms with E-state index in [-0.39, 0.29) is 17.4 Å². The van der Waals surface area contributed by atoms with Gasteiger partial charge >= 0.3 is 5.97 Å². The third-order valence-electron chi connectivity index (χ3n) is 3.89. The molecule has 0 atom stereocenters. The Morgan fingerprint density at radius 1 is 1.17 bits per heavy atom. The number of esters is 1. The largest absolute Gasteiger partial charge is 0.493 e. The number of hydrogen-bond donors (Lipinski definition) is 1. The van der Waals surface area contributed by atoms with Gasteiger partial charge in [-0.3, -0.25) is 10.1 Å².